The lowest BCUT2D eigenvalue weighted by molar-refractivity contribution is -0.134. The van der Waals surface area contributed by atoms with E-state index in [-0.39, 0.29) is 17.9 Å². The van der Waals surface area contributed by atoms with E-state index in [1.165, 1.54) is 0 Å². The molecule has 166 valence electrons. The fraction of sp³-hybridized carbons (Fsp3) is 0.577. The van der Waals surface area contributed by atoms with Gasteiger partial charge in [-0.05, 0) is 55.1 Å². The van der Waals surface area contributed by atoms with E-state index in [1.807, 2.05) is 29.2 Å². The van der Waals surface area contributed by atoms with Gasteiger partial charge in [0, 0.05) is 24.2 Å². The van der Waals surface area contributed by atoms with E-state index < -0.39 is 5.97 Å². The summed E-state index contributed by atoms with van der Waals surface area (Å²) in [6.07, 6.45) is 7.13. The highest BCUT2D eigenvalue weighted by atomic mass is 16.5. The zero-order chi connectivity index (χ0) is 22.0. The maximum absolute atomic E-state index is 13.3. The number of esters is 1. The van der Waals surface area contributed by atoms with Crippen LogP contribution in [0, 0.1) is 11.3 Å². The van der Waals surface area contributed by atoms with E-state index >= 15 is 0 Å². The van der Waals surface area contributed by atoms with Gasteiger partial charge in [0.05, 0.1) is 11.1 Å². The molecule has 2 aromatic rings. The SMILES string of the molecule is CC(C)(C)[C@H]1CCc2nc3ccccc3c(C(=O)OCC(=O)N3CCCCCC3)c2C1. The average molecular weight is 423 g/mol. The number of rotatable bonds is 3. The summed E-state index contributed by atoms with van der Waals surface area (Å²) in [5, 5.41) is 0.822. The molecule has 0 bridgehead atoms. The summed E-state index contributed by atoms with van der Waals surface area (Å²) in [6.45, 7) is 8.11. The third-order valence-corrected chi connectivity index (χ3v) is 6.97. The Kier molecular flexibility index (Phi) is 6.31. The molecule has 2 heterocycles. The molecule has 1 aliphatic heterocycles. The largest absolute Gasteiger partial charge is 0.452 e. The minimum atomic E-state index is -0.396. The number of fused-ring (bicyclic) bond motifs is 2. The molecule has 0 N–H and O–H groups in total. The third-order valence-electron chi connectivity index (χ3n) is 6.97. The van der Waals surface area contributed by atoms with Crippen LogP contribution in [0.5, 0.6) is 0 Å². The molecule has 31 heavy (non-hydrogen) atoms. The number of para-hydroxylation sites is 1. The van der Waals surface area contributed by atoms with Crippen LogP contribution in [-0.4, -0.2) is 41.5 Å². The van der Waals surface area contributed by atoms with Crippen molar-refractivity contribution in [2.24, 2.45) is 11.3 Å². The van der Waals surface area contributed by atoms with Crippen molar-refractivity contribution in [2.75, 3.05) is 19.7 Å². The molecule has 0 radical (unpaired) electrons. The summed E-state index contributed by atoms with van der Waals surface area (Å²) >= 11 is 0. The van der Waals surface area contributed by atoms with Crippen LogP contribution in [0.15, 0.2) is 24.3 Å². The molecule has 2 aliphatic rings. The second-order valence-electron chi connectivity index (χ2n) is 10.1. The van der Waals surface area contributed by atoms with E-state index in [9.17, 15) is 9.59 Å². The quantitative estimate of drug-likeness (QED) is 0.657. The molecule has 1 aromatic carbocycles. The van der Waals surface area contributed by atoms with Crippen molar-refractivity contribution < 1.29 is 14.3 Å². The van der Waals surface area contributed by atoms with E-state index in [4.69, 9.17) is 9.72 Å². The average Bonchev–Trinajstić information content (AvgIpc) is 3.04. The Bertz CT molecular complexity index is 969. The summed E-state index contributed by atoms with van der Waals surface area (Å²) in [7, 11) is 0. The summed E-state index contributed by atoms with van der Waals surface area (Å²) in [5.41, 5.74) is 3.61. The van der Waals surface area contributed by atoms with Crippen LogP contribution in [0.3, 0.4) is 0 Å². The molecule has 1 saturated heterocycles. The van der Waals surface area contributed by atoms with Gasteiger partial charge >= 0.3 is 5.97 Å². The molecule has 1 fully saturated rings. The van der Waals surface area contributed by atoms with Crippen LogP contribution < -0.4 is 0 Å². The first-order valence-electron chi connectivity index (χ1n) is 11.7. The van der Waals surface area contributed by atoms with E-state index in [0.717, 1.165) is 80.2 Å². The van der Waals surface area contributed by atoms with Crippen molar-refractivity contribution in [1.82, 2.24) is 9.88 Å². The van der Waals surface area contributed by atoms with E-state index in [1.54, 1.807) is 0 Å². The molecule has 5 nitrogen and oxygen atoms in total. The Morgan fingerprint density at radius 1 is 1.10 bits per heavy atom. The van der Waals surface area contributed by atoms with Crippen LogP contribution in [0.1, 0.15) is 74.5 Å². The first-order chi connectivity index (χ1) is 14.8. The summed E-state index contributed by atoms with van der Waals surface area (Å²) in [4.78, 5) is 32.7. The second-order valence-corrected chi connectivity index (χ2v) is 10.1. The smallest absolute Gasteiger partial charge is 0.339 e. The van der Waals surface area contributed by atoms with Crippen LogP contribution in [0.4, 0.5) is 0 Å². The Hall–Kier alpha value is -2.43. The number of likely N-dealkylation sites (tertiary alicyclic amines) is 1. The highest BCUT2D eigenvalue weighted by Gasteiger charge is 2.33. The van der Waals surface area contributed by atoms with Gasteiger partial charge in [-0.15, -0.1) is 0 Å². The standard InChI is InChI=1S/C26H34N2O3/c1-26(2,3)18-12-13-22-20(16-18)24(19-10-6-7-11-21(19)27-22)25(30)31-17-23(29)28-14-8-4-5-9-15-28/h6-7,10-11,18H,4-5,8-9,12-17H2,1-3H3/t18-/m0/s1. The zero-order valence-corrected chi connectivity index (χ0v) is 19.1. The summed E-state index contributed by atoms with van der Waals surface area (Å²) in [6, 6.07) is 7.77. The second kappa shape index (κ2) is 8.97. The fourth-order valence-corrected chi connectivity index (χ4v) is 4.97. The fourth-order valence-electron chi connectivity index (χ4n) is 4.97. The number of hydrogen-bond donors (Lipinski definition) is 0. The van der Waals surface area contributed by atoms with Crippen molar-refractivity contribution in [3.63, 3.8) is 0 Å². The number of carbonyl (C=O) groups excluding carboxylic acids is 2. The lowest BCUT2D eigenvalue weighted by Gasteiger charge is -2.35. The lowest BCUT2D eigenvalue weighted by Crippen LogP contribution is -2.35. The van der Waals surface area contributed by atoms with E-state index in [2.05, 4.69) is 20.8 Å². The van der Waals surface area contributed by atoms with Gasteiger partial charge in [-0.3, -0.25) is 9.78 Å². The molecule has 1 amide bonds. The molecular formula is C26H34N2O3. The van der Waals surface area contributed by atoms with Crippen molar-refractivity contribution >= 4 is 22.8 Å². The number of nitrogens with zero attached hydrogens (tertiary/aromatic N) is 2. The number of carbonyl (C=O) groups is 2. The number of ether oxygens (including phenoxy) is 1. The molecule has 0 saturated carbocycles. The van der Waals surface area contributed by atoms with E-state index in [0.29, 0.717) is 11.5 Å². The first kappa shape index (κ1) is 21.8. The van der Waals surface area contributed by atoms with Gasteiger partial charge in [-0.2, -0.15) is 0 Å². The molecule has 4 rings (SSSR count). The van der Waals surface area contributed by atoms with Gasteiger partial charge in [0.25, 0.3) is 5.91 Å². The molecular weight excluding hydrogens is 388 g/mol. The van der Waals surface area contributed by atoms with Gasteiger partial charge in [0.1, 0.15) is 0 Å². The number of benzene rings is 1. The Labute approximate surface area is 185 Å². The highest BCUT2D eigenvalue weighted by Crippen LogP contribution is 2.39. The maximum Gasteiger partial charge on any atom is 0.339 e. The number of amides is 1. The van der Waals surface area contributed by atoms with Gasteiger partial charge in [0.2, 0.25) is 0 Å². The Balaban J connectivity index is 1.61. The molecule has 0 spiro atoms. The van der Waals surface area contributed by atoms with Crippen molar-refractivity contribution in [2.45, 2.75) is 65.7 Å². The molecule has 1 aromatic heterocycles. The Morgan fingerprint density at radius 3 is 2.52 bits per heavy atom. The lowest BCUT2D eigenvalue weighted by atomic mass is 9.70. The first-order valence-corrected chi connectivity index (χ1v) is 11.7. The van der Waals surface area contributed by atoms with Gasteiger partial charge in [0.15, 0.2) is 6.61 Å². The summed E-state index contributed by atoms with van der Waals surface area (Å²) in [5.74, 6) is -0.00382. The van der Waals surface area contributed by atoms with Crippen LogP contribution in [-0.2, 0) is 22.4 Å². The molecule has 0 unspecified atom stereocenters. The van der Waals surface area contributed by atoms with Crippen molar-refractivity contribution in [1.29, 1.82) is 0 Å². The minimum Gasteiger partial charge on any atom is -0.452 e. The Morgan fingerprint density at radius 2 is 1.81 bits per heavy atom. The monoisotopic (exact) mass is 422 g/mol. The molecule has 1 aliphatic carbocycles. The van der Waals surface area contributed by atoms with Crippen molar-refractivity contribution in [3.05, 3.63) is 41.1 Å². The number of aryl methyl sites for hydroxylation is 1. The van der Waals surface area contributed by atoms with Crippen LogP contribution in [0.25, 0.3) is 10.9 Å². The third kappa shape index (κ3) is 4.76. The normalized spacial score (nSPS) is 19.6. The topological polar surface area (TPSA) is 59.5 Å². The predicted molar refractivity (Wildman–Crippen MR) is 122 cm³/mol. The zero-order valence-electron chi connectivity index (χ0n) is 19.1. The predicted octanol–water partition coefficient (Wildman–Crippen LogP) is 4.95. The summed E-state index contributed by atoms with van der Waals surface area (Å²) < 4.78 is 5.62. The van der Waals surface area contributed by atoms with Gasteiger partial charge in [-0.1, -0.05) is 51.8 Å². The number of aromatic nitrogens is 1. The van der Waals surface area contributed by atoms with Gasteiger partial charge in [-0.25, -0.2) is 4.79 Å². The molecule has 5 heteroatoms. The minimum absolute atomic E-state index is 0.0879. The van der Waals surface area contributed by atoms with Crippen LogP contribution >= 0.6 is 0 Å². The number of hydrogen-bond acceptors (Lipinski definition) is 4. The van der Waals surface area contributed by atoms with Gasteiger partial charge < -0.3 is 9.64 Å². The van der Waals surface area contributed by atoms with Crippen LogP contribution in [0.2, 0.25) is 0 Å². The van der Waals surface area contributed by atoms with Crippen molar-refractivity contribution in [3.8, 4) is 0 Å². The molecule has 1 atom stereocenters. The number of pyridine rings is 1. The maximum atomic E-state index is 13.3. The highest BCUT2D eigenvalue weighted by molar-refractivity contribution is 6.05.